The first-order chi connectivity index (χ1) is 13.6. The van der Waals surface area contributed by atoms with Crippen LogP contribution in [-0.2, 0) is 4.74 Å². The van der Waals surface area contributed by atoms with Gasteiger partial charge in [0.05, 0.1) is 12.7 Å². The highest BCUT2D eigenvalue weighted by Gasteiger charge is 2.22. The molecule has 0 aliphatic carbocycles. The van der Waals surface area contributed by atoms with Gasteiger partial charge in [0.15, 0.2) is 0 Å². The van der Waals surface area contributed by atoms with Crippen LogP contribution < -0.4 is 4.74 Å². The Labute approximate surface area is 169 Å². The van der Waals surface area contributed by atoms with E-state index in [1.54, 1.807) is 36.4 Å². The molecule has 0 bridgehead atoms. The van der Waals surface area contributed by atoms with Crippen LogP contribution in [0.2, 0.25) is 5.02 Å². The molecule has 2 aromatic carbocycles. The van der Waals surface area contributed by atoms with Gasteiger partial charge in [-0.2, -0.15) is 0 Å². The van der Waals surface area contributed by atoms with Gasteiger partial charge in [-0.1, -0.05) is 11.6 Å². The number of piperazine rings is 1. The molecule has 0 spiro atoms. The van der Waals surface area contributed by atoms with Gasteiger partial charge in [0.2, 0.25) is 0 Å². The summed E-state index contributed by atoms with van der Waals surface area (Å²) in [4.78, 5) is 28.2. The molecule has 1 fully saturated rings. The first kappa shape index (κ1) is 20.2. The van der Waals surface area contributed by atoms with Gasteiger partial charge in [-0.05, 0) is 48.5 Å². The molecule has 3 rings (SSSR count). The molecule has 0 aromatic heterocycles. The molecule has 1 saturated heterocycles. The van der Waals surface area contributed by atoms with Crippen LogP contribution >= 0.6 is 11.6 Å². The summed E-state index contributed by atoms with van der Waals surface area (Å²) in [6.07, 6.45) is 0. The third-order valence-electron chi connectivity index (χ3n) is 4.70. The highest BCUT2D eigenvalue weighted by atomic mass is 35.5. The van der Waals surface area contributed by atoms with Crippen LogP contribution in [0.5, 0.6) is 5.75 Å². The highest BCUT2D eigenvalue weighted by Crippen LogP contribution is 2.16. The van der Waals surface area contributed by atoms with Gasteiger partial charge in [-0.15, -0.1) is 0 Å². The van der Waals surface area contributed by atoms with Crippen LogP contribution in [0.15, 0.2) is 48.5 Å². The van der Waals surface area contributed by atoms with Crippen LogP contribution in [0.4, 0.5) is 0 Å². The monoisotopic (exact) mass is 402 g/mol. The summed E-state index contributed by atoms with van der Waals surface area (Å²) in [7, 11) is 1.33. The fourth-order valence-corrected chi connectivity index (χ4v) is 3.17. The van der Waals surface area contributed by atoms with Crippen molar-refractivity contribution in [3.63, 3.8) is 0 Å². The average molecular weight is 403 g/mol. The lowest BCUT2D eigenvalue weighted by molar-refractivity contribution is 0.0594. The topological polar surface area (TPSA) is 59.1 Å². The lowest BCUT2D eigenvalue weighted by Crippen LogP contribution is -2.49. The molecule has 28 heavy (non-hydrogen) atoms. The number of ether oxygens (including phenoxy) is 2. The smallest absolute Gasteiger partial charge is 0.337 e. The lowest BCUT2D eigenvalue weighted by Gasteiger charge is -2.34. The molecule has 1 amide bonds. The van der Waals surface area contributed by atoms with E-state index in [-0.39, 0.29) is 5.91 Å². The molecule has 6 nitrogen and oxygen atoms in total. The van der Waals surface area contributed by atoms with E-state index < -0.39 is 5.97 Å². The maximum Gasteiger partial charge on any atom is 0.337 e. The first-order valence-corrected chi connectivity index (χ1v) is 9.53. The van der Waals surface area contributed by atoms with Gasteiger partial charge in [-0.25, -0.2) is 4.79 Å². The molecule has 148 valence electrons. The third kappa shape index (κ3) is 5.24. The summed E-state index contributed by atoms with van der Waals surface area (Å²) < 4.78 is 10.4. The average Bonchev–Trinajstić information content (AvgIpc) is 2.74. The third-order valence-corrected chi connectivity index (χ3v) is 4.95. The van der Waals surface area contributed by atoms with Crippen molar-refractivity contribution >= 4 is 23.5 Å². The minimum Gasteiger partial charge on any atom is -0.492 e. The van der Waals surface area contributed by atoms with Gasteiger partial charge in [-0.3, -0.25) is 9.69 Å². The Balaban J connectivity index is 1.43. The second kappa shape index (κ2) is 9.57. The van der Waals surface area contributed by atoms with Crippen molar-refractivity contribution in [2.75, 3.05) is 46.4 Å². The van der Waals surface area contributed by atoms with E-state index in [0.717, 1.165) is 25.4 Å². The number of methoxy groups -OCH3 is 1. The van der Waals surface area contributed by atoms with E-state index in [2.05, 4.69) is 9.64 Å². The molecule has 0 N–H and O–H groups in total. The van der Waals surface area contributed by atoms with E-state index in [0.29, 0.717) is 35.8 Å². The van der Waals surface area contributed by atoms with Crippen LogP contribution in [0.1, 0.15) is 20.7 Å². The largest absolute Gasteiger partial charge is 0.492 e. The summed E-state index contributed by atoms with van der Waals surface area (Å²) in [5.74, 6) is 0.371. The first-order valence-electron chi connectivity index (χ1n) is 9.15. The van der Waals surface area contributed by atoms with Crippen LogP contribution in [-0.4, -0.2) is 68.1 Å². The van der Waals surface area contributed by atoms with Crippen molar-refractivity contribution in [3.8, 4) is 5.75 Å². The Morgan fingerprint density at radius 3 is 2.14 bits per heavy atom. The summed E-state index contributed by atoms with van der Waals surface area (Å²) in [5.41, 5.74) is 1.01. The Kier molecular flexibility index (Phi) is 6.90. The molecule has 1 heterocycles. The second-order valence-corrected chi connectivity index (χ2v) is 6.94. The van der Waals surface area contributed by atoms with E-state index >= 15 is 0 Å². The van der Waals surface area contributed by atoms with Gasteiger partial charge in [0.1, 0.15) is 12.4 Å². The molecule has 0 radical (unpaired) electrons. The van der Waals surface area contributed by atoms with E-state index in [4.69, 9.17) is 16.3 Å². The second-order valence-electron chi connectivity index (χ2n) is 6.51. The normalized spacial score (nSPS) is 14.6. The molecule has 1 aliphatic rings. The number of hydrogen-bond donors (Lipinski definition) is 0. The van der Waals surface area contributed by atoms with Crippen molar-refractivity contribution in [3.05, 3.63) is 64.7 Å². The molecule has 0 atom stereocenters. The van der Waals surface area contributed by atoms with Gasteiger partial charge in [0, 0.05) is 43.3 Å². The number of halogens is 1. The van der Waals surface area contributed by atoms with E-state index in [1.807, 2.05) is 17.0 Å². The molecular weight excluding hydrogens is 380 g/mol. The zero-order chi connectivity index (χ0) is 19.9. The van der Waals surface area contributed by atoms with Gasteiger partial charge in [0.25, 0.3) is 5.91 Å². The Bertz CT molecular complexity index is 800. The Morgan fingerprint density at radius 1 is 0.929 bits per heavy atom. The highest BCUT2D eigenvalue weighted by molar-refractivity contribution is 6.30. The van der Waals surface area contributed by atoms with E-state index in [9.17, 15) is 9.59 Å². The summed E-state index contributed by atoms with van der Waals surface area (Å²) in [6, 6.07) is 13.9. The van der Waals surface area contributed by atoms with Crippen molar-refractivity contribution in [2.24, 2.45) is 0 Å². The Hall–Kier alpha value is -2.57. The summed E-state index contributed by atoms with van der Waals surface area (Å²) in [5, 5.41) is 0.688. The van der Waals surface area contributed by atoms with Crippen LogP contribution in [0.25, 0.3) is 0 Å². The predicted molar refractivity (Wildman–Crippen MR) is 107 cm³/mol. The van der Waals surface area contributed by atoms with Gasteiger partial charge < -0.3 is 14.4 Å². The minimum atomic E-state index is -0.409. The van der Waals surface area contributed by atoms with E-state index in [1.165, 1.54) is 7.11 Å². The number of carbonyl (C=O) groups excluding carboxylic acids is 2. The number of esters is 1. The maximum atomic E-state index is 12.6. The minimum absolute atomic E-state index is 0.0199. The number of benzene rings is 2. The van der Waals surface area contributed by atoms with Crippen molar-refractivity contribution < 1.29 is 19.1 Å². The number of rotatable bonds is 6. The number of hydrogen-bond acceptors (Lipinski definition) is 5. The van der Waals surface area contributed by atoms with Crippen molar-refractivity contribution in [1.82, 2.24) is 9.80 Å². The molecule has 0 saturated carbocycles. The lowest BCUT2D eigenvalue weighted by atomic mass is 10.1. The van der Waals surface area contributed by atoms with Gasteiger partial charge >= 0.3 is 5.97 Å². The fourth-order valence-electron chi connectivity index (χ4n) is 3.05. The molecule has 1 aliphatic heterocycles. The number of nitrogens with zero attached hydrogens (tertiary/aromatic N) is 2. The van der Waals surface area contributed by atoms with Crippen molar-refractivity contribution in [1.29, 1.82) is 0 Å². The van der Waals surface area contributed by atoms with Crippen LogP contribution in [0.3, 0.4) is 0 Å². The van der Waals surface area contributed by atoms with Crippen molar-refractivity contribution in [2.45, 2.75) is 0 Å². The Morgan fingerprint density at radius 2 is 1.54 bits per heavy atom. The molecule has 2 aromatic rings. The predicted octanol–water partition coefficient (Wildman–Crippen LogP) is 2.96. The quantitative estimate of drug-likeness (QED) is 0.695. The zero-order valence-corrected chi connectivity index (χ0v) is 16.5. The zero-order valence-electron chi connectivity index (χ0n) is 15.8. The SMILES string of the molecule is COC(=O)c1ccc(C(=O)N2CCN(CCOc3ccc(Cl)cc3)CC2)cc1. The fraction of sp³-hybridized carbons (Fsp3) is 0.333. The maximum absolute atomic E-state index is 12.6. The number of carbonyl (C=O) groups is 2. The molecule has 0 unspecified atom stereocenters. The summed E-state index contributed by atoms with van der Waals surface area (Å²) >= 11 is 5.86. The van der Waals surface area contributed by atoms with Crippen LogP contribution in [0, 0.1) is 0 Å². The molecular formula is C21H23ClN2O4. The standard InChI is InChI=1S/C21H23ClN2O4/c1-27-21(26)17-4-2-16(3-5-17)20(25)24-12-10-23(11-13-24)14-15-28-19-8-6-18(22)7-9-19/h2-9H,10-15H2,1H3. The summed E-state index contributed by atoms with van der Waals surface area (Å²) in [6.45, 7) is 4.33. The molecule has 7 heteroatoms. The number of amides is 1.